The zero-order chi connectivity index (χ0) is 19.5. The lowest BCUT2D eigenvalue weighted by Crippen LogP contribution is -2.29. The van der Waals surface area contributed by atoms with Gasteiger partial charge in [-0.05, 0) is 24.6 Å². The monoisotopic (exact) mass is 374 g/mol. The summed E-state index contributed by atoms with van der Waals surface area (Å²) in [6, 6.07) is 19.8. The summed E-state index contributed by atoms with van der Waals surface area (Å²) in [6.45, 7) is 2.69. The van der Waals surface area contributed by atoms with E-state index >= 15 is 0 Å². The third-order valence-corrected chi connectivity index (χ3v) is 4.75. The predicted molar refractivity (Wildman–Crippen MR) is 112 cm³/mol. The molecule has 4 rings (SSSR count). The lowest BCUT2D eigenvalue weighted by atomic mass is 10.1. The molecule has 5 heteroatoms. The van der Waals surface area contributed by atoms with Crippen molar-refractivity contribution in [2.75, 3.05) is 19.0 Å². The van der Waals surface area contributed by atoms with Gasteiger partial charge in [-0.25, -0.2) is 0 Å². The van der Waals surface area contributed by atoms with Gasteiger partial charge in [-0.15, -0.1) is 0 Å². The van der Waals surface area contributed by atoms with Crippen molar-refractivity contribution in [3.05, 3.63) is 71.8 Å². The summed E-state index contributed by atoms with van der Waals surface area (Å²) in [6.07, 6.45) is 0. The van der Waals surface area contributed by atoms with Gasteiger partial charge in [-0.2, -0.15) is 0 Å². The summed E-state index contributed by atoms with van der Waals surface area (Å²) in [7, 11) is 1.62. The van der Waals surface area contributed by atoms with Crippen LogP contribution < -0.4 is 15.4 Å². The van der Waals surface area contributed by atoms with E-state index in [1.165, 1.54) is 5.56 Å². The van der Waals surface area contributed by atoms with Gasteiger partial charge >= 0.3 is 0 Å². The second-order valence-corrected chi connectivity index (χ2v) is 6.76. The molecule has 0 saturated heterocycles. The zero-order valence-corrected chi connectivity index (χ0v) is 15.9. The van der Waals surface area contributed by atoms with Gasteiger partial charge in [0.05, 0.1) is 19.3 Å². The molecule has 142 valence electrons. The molecule has 1 heterocycles. The van der Waals surface area contributed by atoms with E-state index in [-0.39, 0.29) is 12.5 Å². The van der Waals surface area contributed by atoms with Crippen LogP contribution in [0, 0.1) is 6.92 Å². The Balaban J connectivity index is 1.46. The van der Waals surface area contributed by atoms with Crippen molar-refractivity contribution in [2.45, 2.75) is 13.5 Å². The highest BCUT2D eigenvalue weighted by atomic mass is 16.5. The molecule has 1 aromatic heterocycles. The number of carbonyl (C=O) groups excluding carboxylic acids is 1. The summed E-state index contributed by atoms with van der Waals surface area (Å²) in [5.74, 6) is 0.581. The van der Waals surface area contributed by atoms with Crippen LogP contribution >= 0.6 is 0 Å². The minimum atomic E-state index is -0.0904. The third kappa shape index (κ3) is 3.64. The van der Waals surface area contributed by atoms with Crippen LogP contribution in [0.4, 0.5) is 5.69 Å². The van der Waals surface area contributed by atoms with Gasteiger partial charge in [0.15, 0.2) is 0 Å². The van der Waals surface area contributed by atoms with Gasteiger partial charge in [0.2, 0.25) is 5.91 Å². The van der Waals surface area contributed by atoms with Crippen molar-refractivity contribution in [3.8, 4) is 5.75 Å². The van der Waals surface area contributed by atoms with Crippen LogP contribution in [0.2, 0.25) is 0 Å². The maximum absolute atomic E-state index is 12.2. The standard InChI is InChI=1S/C23H22N2O3/c1-15-7-9-16(10-8-15)13-25-23(26)14-24-19-12-21-18(11-22(19)27-2)17-5-3-4-6-20(17)28-21/h3-12,24H,13-14H2,1-2H3,(H,25,26). The fraction of sp³-hybridized carbons (Fsp3) is 0.174. The molecule has 0 bridgehead atoms. The number of para-hydroxylation sites is 1. The van der Waals surface area contributed by atoms with Gasteiger partial charge in [0.1, 0.15) is 16.9 Å². The molecule has 5 nitrogen and oxygen atoms in total. The molecule has 0 aliphatic carbocycles. The third-order valence-electron chi connectivity index (χ3n) is 4.75. The topological polar surface area (TPSA) is 63.5 Å². The molecule has 0 aliphatic rings. The second kappa shape index (κ2) is 7.64. The molecule has 3 aromatic carbocycles. The molecule has 0 spiro atoms. The summed E-state index contributed by atoms with van der Waals surface area (Å²) in [5.41, 5.74) is 4.57. The number of benzene rings is 3. The maximum atomic E-state index is 12.2. The Morgan fingerprint density at radius 2 is 1.79 bits per heavy atom. The van der Waals surface area contributed by atoms with Crippen LogP contribution in [0.15, 0.2) is 65.1 Å². The number of aryl methyl sites for hydroxylation is 1. The van der Waals surface area contributed by atoms with Gasteiger partial charge in [0.25, 0.3) is 0 Å². The van der Waals surface area contributed by atoms with Crippen molar-refractivity contribution < 1.29 is 13.9 Å². The fourth-order valence-corrected chi connectivity index (χ4v) is 3.20. The molecule has 0 aliphatic heterocycles. The molecule has 0 unspecified atom stereocenters. The van der Waals surface area contributed by atoms with Crippen molar-refractivity contribution in [3.63, 3.8) is 0 Å². The number of hydrogen-bond donors (Lipinski definition) is 2. The normalized spacial score (nSPS) is 10.9. The quantitative estimate of drug-likeness (QED) is 0.516. The zero-order valence-electron chi connectivity index (χ0n) is 15.9. The number of carbonyl (C=O) groups is 1. The molecule has 28 heavy (non-hydrogen) atoms. The van der Waals surface area contributed by atoms with Crippen LogP contribution in [-0.2, 0) is 11.3 Å². The van der Waals surface area contributed by atoms with E-state index in [1.54, 1.807) is 7.11 Å². The summed E-state index contributed by atoms with van der Waals surface area (Å²) < 4.78 is 11.4. The molecule has 2 N–H and O–H groups in total. The van der Waals surface area contributed by atoms with E-state index < -0.39 is 0 Å². The number of furan rings is 1. The van der Waals surface area contributed by atoms with Gasteiger partial charge in [-0.1, -0.05) is 48.0 Å². The average molecular weight is 374 g/mol. The van der Waals surface area contributed by atoms with Crippen molar-refractivity contribution >= 4 is 33.5 Å². The predicted octanol–water partition coefficient (Wildman–Crippen LogP) is 4.63. The molecule has 0 saturated carbocycles. The Kier molecular flexibility index (Phi) is 4.89. The first kappa shape index (κ1) is 17.9. The first-order valence-corrected chi connectivity index (χ1v) is 9.19. The second-order valence-electron chi connectivity index (χ2n) is 6.76. The first-order valence-electron chi connectivity index (χ1n) is 9.19. The molecule has 1 amide bonds. The van der Waals surface area contributed by atoms with Crippen molar-refractivity contribution in [1.82, 2.24) is 5.32 Å². The molecule has 0 radical (unpaired) electrons. The lowest BCUT2D eigenvalue weighted by Gasteiger charge is -2.11. The number of anilines is 1. The van der Waals surface area contributed by atoms with Crippen molar-refractivity contribution in [2.24, 2.45) is 0 Å². The highest BCUT2D eigenvalue weighted by molar-refractivity contribution is 6.06. The lowest BCUT2D eigenvalue weighted by molar-refractivity contribution is -0.119. The summed E-state index contributed by atoms with van der Waals surface area (Å²) in [4.78, 5) is 12.2. The minimum absolute atomic E-state index is 0.0904. The Morgan fingerprint density at radius 1 is 1.00 bits per heavy atom. The summed E-state index contributed by atoms with van der Waals surface area (Å²) in [5, 5.41) is 8.10. The molecule has 4 aromatic rings. The van der Waals surface area contributed by atoms with Crippen LogP contribution in [0.25, 0.3) is 21.9 Å². The number of ether oxygens (including phenoxy) is 1. The number of hydrogen-bond acceptors (Lipinski definition) is 4. The smallest absolute Gasteiger partial charge is 0.239 e. The highest BCUT2D eigenvalue weighted by Gasteiger charge is 2.13. The number of rotatable bonds is 6. The van der Waals surface area contributed by atoms with E-state index in [0.717, 1.165) is 33.2 Å². The van der Waals surface area contributed by atoms with E-state index in [0.29, 0.717) is 12.3 Å². The van der Waals surface area contributed by atoms with Gasteiger partial charge in [-0.3, -0.25) is 4.79 Å². The largest absolute Gasteiger partial charge is 0.495 e. The van der Waals surface area contributed by atoms with Crippen LogP contribution in [0.1, 0.15) is 11.1 Å². The molecular weight excluding hydrogens is 352 g/mol. The van der Waals surface area contributed by atoms with Gasteiger partial charge in [0, 0.05) is 23.4 Å². The highest BCUT2D eigenvalue weighted by Crippen LogP contribution is 2.36. The number of amides is 1. The van der Waals surface area contributed by atoms with Crippen molar-refractivity contribution in [1.29, 1.82) is 0 Å². The minimum Gasteiger partial charge on any atom is -0.495 e. The average Bonchev–Trinajstić information content (AvgIpc) is 3.08. The Bertz CT molecular complexity index is 1130. The maximum Gasteiger partial charge on any atom is 0.239 e. The Hall–Kier alpha value is -3.47. The Labute approximate surface area is 163 Å². The molecule has 0 fully saturated rings. The SMILES string of the molecule is COc1cc2c(cc1NCC(=O)NCc1ccc(C)cc1)oc1ccccc12. The molecule has 0 atom stereocenters. The first-order chi connectivity index (χ1) is 13.6. The van der Waals surface area contributed by atoms with Crippen LogP contribution in [0.5, 0.6) is 5.75 Å². The van der Waals surface area contributed by atoms with E-state index in [9.17, 15) is 4.79 Å². The number of methoxy groups -OCH3 is 1. The van der Waals surface area contributed by atoms with E-state index in [1.807, 2.05) is 67.6 Å². The van der Waals surface area contributed by atoms with Crippen LogP contribution in [0.3, 0.4) is 0 Å². The Morgan fingerprint density at radius 3 is 2.57 bits per heavy atom. The van der Waals surface area contributed by atoms with Crippen LogP contribution in [-0.4, -0.2) is 19.6 Å². The summed E-state index contributed by atoms with van der Waals surface area (Å²) >= 11 is 0. The van der Waals surface area contributed by atoms with E-state index in [2.05, 4.69) is 10.6 Å². The van der Waals surface area contributed by atoms with Gasteiger partial charge < -0.3 is 19.8 Å². The number of fused-ring (bicyclic) bond motifs is 3. The van der Waals surface area contributed by atoms with E-state index in [4.69, 9.17) is 9.15 Å². The number of nitrogens with one attached hydrogen (secondary N) is 2. The fourth-order valence-electron chi connectivity index (χ4n) is 3.20. The molecular formula is C23H22N2O3.